The molecular formula is C24H29N3O. The fourth-order valence-corrected chi connectivity index (χ4v) is 3.22. The van der Waals surface area contributed by atoms with Gasteiger partial charge in [-0.1, -0.05) is 38.1 Å². The fraction of sp³-hybridized carbons (Fsp3) is 0.333. The number of aryl methyl sites for hydroxylation is 2. The number of amides is 1. The monoisotopic (exact) mass is 375 g/mol. The van der Waals surface area contributed by atoms with Crippen molar-refractivity contribution in [3.8, 4) is 16.8 Å². The summed E-state index contributed by atoms with van der Waals surface area (Å²) in [6.45, 7) is 10.2. The van der Waals surface area contributed by atoms with Gasteiger partial charge < -0.3 is 9.88 Å². The minimum atomic E-state index is -0.292. The minimum Gasteiger partial charge on any atom is -0.347 e. The average molecular weight is 376 g/mol. The average Bonchev–Trinajstić information content (AvgIpc) is 3.15. The molecule has 146 valence electrons. The largest absolute Gasteiger partial charge is 0.347 e. The predicted molar refractivity (Wildman–Crippen MR) is 115 cm³/mol. The molecule has 0 aliphatic rings. The lowest BCUT2D eigenvalue weighted by Gasteiger charge is -2.21. The number of nitrogens with one attached hydrogen (secondary N) is 1. The van der Waals surface area contributed by atoms with Crippen molar-refractivity contribution in [2.75, 3.05) is 0 Å². The van der Waals surface area contributed by atoms with Gasteiger partial charge in [-0.25, -0.2) is 4.98 Å². The standard InChI is InChI=1S/C24H29N3O/c1-6-17-8-10-18(11-9-17)19-14-20(23(28)26-24(3,4)5)16-21(15-19)27-13-12-25-22(27)7-2/h8-16H,6-7H2,1-5H3,(H,26,28). The second-order valence-electron chi connectivity index (χ2n) is 8.09. The molecule has 0 aliphatic heterocycles. The molecular weight excluding hydrogens is 346 g/mol. The molecule has 1 aromatic heterocycles. The molecule has 0 aliphatic carbocycles. The second-order valence-corrected chi connectivity index (χ2v) is 8.09. The molecule has 0 radical (unpaired) electrons. The second kappa shape index (κ2) is 8.01. The van der Waals surface area contributed by atoms with Crippen LogP contribution in [0, 0.1) is 0 Å². The number of carbonyl (C=O) groups is 1. The summed E-state index contributed by atoms with van der Waals surface area (Å²) in [5, 5.41) is 3.07. The van der Waals surface area contributed by atoms with E-state index in [2.05, 4.69) is 59.0 Å². The normalized spacial score (nSPS) is 11.5. The summed E-state index contributed by atoms with van der Waals surface area (Å²) < 4.78 is 2.05. The van der Waals surface area contributed by atoms with E-state index in [1.54, 1.807) is 6.20 Å². The first-order valence-electron chi connectivity index (χ1n) is 9.90. The van der Waals surface area contributed by atoms with Crippen LogP contribution in [0.4, 0.5) is 0 Å². The highest BCUT2D eigenvalue weighted by molar-refractivity contribution is 5.96. The third kappa shape index (κ3) is 4.50. The number of nitrogens with zero attached hydrogens (tertiary/aromatic N) is 2. The molecule has 0 unspecified atom stereocenters. The van der Waals surface area contributed by atoms with Crippen molar-refractivity contribution in [1.29, 1.82) is 0 Å². The van der Waals surface area contributed by atoms with Crippen LogP contribution < -0.4 is 5.32 Å². The van der Waals surface area contributed by atoms with Crippen LogP contribution in [0.3, 0.4) is 0 Å². The number of benzene rings is 2. The number of hydrogen-bond donors (Lipinski definition) is 1. The highest BCUT2D eigenvalue weighted by atomic mass is 16.1. The van der Waals surface area contributed by atoms with Crippen molar-refractivity contribution in [2.45, 2.75) is 53.0 Å². The van der Waals surface area contributed by atoms with Gasteiger partial charge >= 0.3 is 0 Å². The van der Waals surface area contributed by atoms with Crippen LogP contribution in [0.1, 0.15) is 56.4 Å². The molecule has 0 fully saturated rings. The van der Waals surface area contributed by atoms with Crippen LogP contribution in [-0.4, -0.2) is 21.0 Å². The third-order valence-corrected chi connectivity index (χ3v) is 4.68. The van der Waals surface area contributed by atoms with Crippen LogP contribution in [0.5, 0.6) is 0 Å². The Balaban J connectivity index is 2.11. The first-order valence-corrected chi connectivity index (χ1v) is 9.90. The highest BCUT2D eigenvalue weighted by Gasteiger charge is 2.17. The number of aromatic nitrogens is 2. The van der Waals surface area contributed by atoms with Crippen molar-refractivity contribution in [1.82, 2.24) is 14.9 Å². The summed E-state index contributed by atoms with van der Waals surface area (Å²) in [6.07, 6.45) is 5.58. The molecule has 3 aromatic rings. The first kappa shape index (κ1) is 19.9. The maximum absolute atomic E-state index is 12.9. The van der Waals surface area contributed by atoms with Gasteiger partial charge in [0.15, 0.2) is 0 Å². The van der Waals surface area contributed by atoms with Gasteiger partial charge in [0.1, 0.15) is 5.82 Å². The lowest BCUT2D eigenvalue weighted by Crippen LogP contribution is -2.40. The Morgan fingerprint density at radius 1 is 1.00 bits per heavy atom. The molecule has 0 spiro atoms. The summed E-state index contributed by atoms with van der Waals surface area (Å²) in [5.74, 6) is 0.902. The molecule has 4 nitrogen and oxygen atoms in total. The number of rotatable bonds is 5. The summed E-state index contributed by atoms with van der Waals surface area (Å²) >= 11 is 0. The maximum atomic E-state index is 12.9. The van der Waals surface area contributed by atoms with E-state index < -0.39 is 0 Å². The quantitative estimate of drug-likeness (QED) is 0.667. The predicted octanol–water partition coefficient (Wildman–Crippen LogP) is 5.19. The van der Waals surface area contributed by atoms with E-state index in [0.29, 0.717) is 5.56 Å². The zero-order valence-corrected chi connectivity index (χ0v) is 17.4. The Kier molecular flexibility index (Phi) is 5.68. The van der Waals surface area contributed by atoms with Crippen molar-refractivity contribution in [3.63, 3.8) is 0 Å². The Labute approximate surface area is 167 Å². The number of hydrogen-bond acceptors (Lipinski definition) is 2. The molecule has 0 saturated carbocycles. The molecule has 1 N–H and O–H groups in total. The molecule has 3 rings (SSSR count). The first-order chi connectivity index (χ1) is 13.3. The lowest BCUT2D eigenvalue weighted by molar-refractivity contribution is 0.0919. The van der Waals surface area contributed by atoms with Gasteiger partial charge in [-0.15, -0.1) is 0 Å². The van der Waals surface area contributed by atoms with Gasteiger partial charge in [-0.3, -0.25) is 4.79 Å². The summed E-state index contributed by atoms with van der Waals surface area (Å²) in [4.78, 5) is 17.3. The number of carbonyl (C=O) groups excluding carboxylic acids is 1. The molecule has 1 heterocycles. The zero-order valence-electron chi connectivity index (χ0n) is 17.4. The Morgan fingerprint density at radius 2 is 1.71 bits per heavy atom. The van der Waals surface area contributed by atoms with Crippen LogP contribution in [-0.2, 0) is 12.8 Å². The molecule has 4 heteroatoms. The van der Waals surface area contributed by atoms with Gasteiger partial charge in [0, 0.05) is 35.6 Å². The van der Waals surface area contributed by atoms with Crippen LogP contribution in [0.25, 0.3) is 16.8 Å². The zero-order chi connectivity index (χ0) is 20.3. The molecule has 0 atom stereocenters. The van der Waals surface area contributed by atoms with E-state index in [-0.39, 0.29) is 11.4 Å². The lowest BCUT2D eigenvalue weighted by atomic mass is 9.99. The van der Waals surface area contributed by atoms with Crippen molar-refractivity contribution >= 4 is 5.91 Å². The van der Waals surface area contributed by atoms with Gasteiger partial charge in [0.2, 0.25) is 0 Å². The maximum Gasteiger partial charge on any atom is 0.251 e. The topological polar surface area (TPSA) is 46.9 Å². The minimum absolute atomic E-state index is 0.0704. The van der Waals surface area contributed by atoms with E-state index in [9.17, 15) is 4.79 Å². The van der Waals surface area contributed by atoms with E-state index >= 15 is 0 Å². The van der Waals surface area contributed by atoms with E-state index in [1.165, 1.54) is 5.56 Å². The fourth-order valence-electron chi connectivity index (χ4n) is 3.22. The van der Waals surface area contributed by atoms with E-state index in [0.717, 1.165) is 35.5 Å². The van der Waals surface area contributed by atoms with Gasteiger partial charge in [0.25, 0.3) is 5.91 Å². The van der Waals surface area contributed by atoms with Gasteiger partial charge in [-0.05, 0) is 62.1 Å². The van der Waals surface area contributed by atoms with Crippen molar-refractivity contribution in [2.24, 2.45) is 0 Å². The third-order valence-electron chi connectivity index (χ3n) is 4.68. The Morgan fingerprint density at radius 3 is 2.32 bits per heavy atom. The van der Waals surface area contributed by atoms with E-state index in [1.807, 2.05) is 39.1 Å². The summed E-state index contributed by atoms with van der Waals surface area (Å²) in [5.41, 5.74) is 4.73. The molecule has 0 bridgehead atoms. The van der Waals surface area contributed by atoms with Crippen molar-refractivity contribution < 1.29 is 4.79 Å². The summed E-state index contributed by atoms with van der Waals surface area (Å²) in [7, 11) is 0. The Bertz CT molecular complexity index is 962. The molecule has 0 saturated heterocycles. The smallest absolute Gasteiger partial charge is 0.251 e. The SMILES string of the molecule is CCc1ccc(-c2cc(C(=O)NC(C)(C)C)cc(-n3ccnc3CC)c2)cc1. The molecule has 2 aromatic carbocycles. The number of imidazole rings is 1. The van der Waals surface area contributed by atoms with Gasteiger partial charge in [-0.2, -0.15) is 0 Å². The molecule has 28 heavy (non-hydrogen) atoms. The Hall–Kier alpha value is -2.88. The van der Waals surface area contributed by atoms with Gasteiger partial charge in [0.05, 0.1) is 0 Å². The van der Waals surface area contributed by atoms with Crippen LogP contribution >= 0.6 is 0 Å². The summed E-state index contributed by atoms with van der Waals surface area (Å²) in [6, 6.07) is 14.6. The van der Waals surface area contributed by atoms with Crippen LogP contribution in [0.2, 0.25) is 0 Å². The van der Waals surface area contributed by atoms with Crippen LogP contribution in [0.15, 0.2) is 54.9 Å². The molecule has 1 amide bonds. The van der Waals surface area contributed by atoms with E-state index in [4.69, 9.17) is 0 Å². The highest BCUT2D eigenvalue weighted by Crippen LogP contribution is 2.26. The van der Waals surface area contributed by atoms with Crippen molar-refractivity contribution in [3.05, 3.63) is 71.8 Å².